The highest BCUT2D eigenvalue weighted by Gasteiger charge is 2.50. The molecule has 0 bridgehead atoms. The molecule has 1 N–H and O–H groups in total. The smallest absolute Gasteiger partial charge is 0.358 e. The highest BCUT2D eigenvalue weighted by molar-refractivity contribution is 6.13. The predicted octanol–water partition coefficient (Wildman–Crippen LogP) is 3.72. The molecule has 0 spiro atoms. The van der Waals surface area contributed by atoms with Gasteiger partial charge in [-0.3, -0.25) is 19.2 Å². The normalized spacial score (nSPS) is 21.0. The maximum absolute atomic E-state index is 13.9. The van der Waals surface area contributed by atoms with E-state index >= 15 is 0 Å². The number of hydrogen-bond donors (Lipinski definition) is 1. The number of carbonyl (C=O) groups is 3. The number of rotatable bonds is 6. The molecule has 1 fully saturated rings. The fourth-order valence-corrected chi connectivity index (χ4v) is 5.02. The van der Waals surface area contributed by atoms with Crippen LogP contribution in [0, 0.1) is 0 Å². The third kappa shape index (κ3) is 4.90. The van der Waals surface area contributed by atoms with E-state index in [4.69, 9.17) is 9.47 Å². The molecule has 1 saturated carbocycles. The Balaban J connectivity index is 1.74. The van der Waals surface area contributed by atoms with E-state index in [1.54, 1.807) is 32.0 Å². The van der Waals surface area contributed by atoms with Gasteiger partial charge in [-0.2, -0.15) is 5.10 Å². The summed E-state index contributed by atoms with van der Waals surface area (Å²) in [5.74, 6) is -0.809. The number of nitrogens with zero attached hydrogens (tertiary/aromatic N) is 3. The first-order valence-corrected chi connectivity index (χ1v) is 12.4. The van der Waals surface area contributed by atoms with Crippen molar-refractivity contribution in [1.29, 1.82) is 0 Å². The summed E-state index contributed by atoms with van der Waals surface area (Å²) in [6.07, 6.45) is 7.56. The first-order valence-electron chi connectivity index (χ1n) is 12.4. The summed E-state index contributed by atoms with van der Waals surface area (Å²) in [7, 11) is 1.53. The first-order chi connectivity index (χ1) is 16.9. The number of amides is 2. The van der Waals surface area contributed by atoms with Crippen LogP contribution in [0.1, 0.15) is 79.8 Å². The highest BCUT2D eigenvalue weighted by Crippen LogP contribution is 2.38. The van der Waals surface area contributed by atoms with Gasteiger partial charge in [0.2, 0.25) is 5.91 Å². The molecular formula is C26H34N4O5. The van der Waals surface area contributed by atoms with Crippen LogP contribution in [-0.2, 0) is 16.1 Å². The summed E-state index contributed by atoms with van der Waals surface area (Å²) >= 11 is 0. The number of carbonyl (C=O) groups excluding carboxylic acids is 3. The van der Waals surface area contributed by atoms with E-state index in [-0.39, 0.29) is 36.5 Å². The topological polar surface area (TPSA) is 103 Å². The molecule has 9 heteroatoms. The van der Waals surface area contributed by atoms with Crippen LogP contribution in [0.25, 0.3) is 0 Å². The Labute approximate surface area is 205 Å². The zero-order valence-corrected chi connectivity index (χ0v) is 20.7. The molecule has 0 saturated heterocycles. The lowest BCUT2D eigenvalue weighted by molar-refractivity contribution is -0.127. The monoisotopic (exact) mass is 482 g/mol. The van der Waals surface area contributed by atoms with Crippen molar-refractivity contribution in [3.05, 3.63) is 41.7 Å². The van der Waals surface area contributed by atoms with E-state index in [2.05, 4.69) is 10.4 Å². The van der Waals surface area contributed by atoms with Crippen molar-refractivity contribution in [3.8, 4) is 5.75 Å². The van der Waals surface area contributed by atoms with Crippen molar-refractivity contribution in [3.63, 3.8) is 0 Å². The molecule has 2 aromatic rings. The van der Waals surface area contributed by atoms with Crippen LogP contribution >= 0.6 is 0 Å². The SMILES string of the molecule is CCOC(=O)c1cc2n(n1)C[C@@](C)(C(=O)NC1CCCCCCC1)N(c1ccccc1OC)C2=O. The Morgan fingerprint density at radius 2 is 1.83 bits per heavy atom. The van der Waals surface area contributed by atoms with Crippen LogP contribution in [-0.4, -0.2) is 52.9 Å². The predicted molar refractivity (Wildman–Crippen MR) is 131 cm³/mol. The third-order valence-corrected chi connectivity index (χ3v) is 6.89. The number of methoxy groups -OCH3 is 1. The van der Waals surface area contributed by atoms with E-state index in [9.17, 15) is 14.4 Å². The van der Waals surface area contributed by atoms with Crippen molar-refractivity contribution in [2.45, 2.75) is 76.9 Å². The Morgan fingerprint density at radius 3 is 2.51 bits per heavy atom. The zero-order valence-electron chi connectivity index (χ0n) is 20.7. The molecule has 188 valence electrons. The van der Waals surface area contributed by atoms with Crippen LogP contribution in [0.2, 0.25) is 0 Å². The maximum Gasteiger partial charge on any atom is 0.358 e. The Morgan fingerprint density at radius 1 is 1.14 bits per heavy atom. The summed E-state index contributed by atoms with van der Waals surface area (Å²) in [4.78, 5) is 41.6. The molecule has 1 atom stereocenters. The second-order valence-electron chi connectivity index (χ2n) is 9.39. The van der Waals surface area contributed by atoms with E-state index in [1.807, 2.05) is 6.07 Å². The fourth-order valence-electron chi connectivity index (χ4n) is 5.02. The molecule has 4 rings (SSSR count). The van der Waals surface area contributed by atoms with E-state index < -0.39 is 17.4 Å². The summed E-state index contributed by atoms with van der Waals surface area (Å²) in [6.45, 7) is 3.73. The van der Waals surface area contributed by atoms with Crippen molar-refractivity contribution in [2.24, 2.45) is 0 Å². The molecule has 2 aliphatic rings. The zero-order chi connectivity index (χ0) is 25.0. The second-order valence-corrected chi connectivity index (χ2v) is 9.39. The number of hydrogen-bond acceptors (Lipinski definition) is 6. The molecule has 35 heavy (non-hydrogen) atoms. The largest absolute Gasteiger partial charge is 0.495 e. The van der Waals surface area contributed by atoms with Crippen LogP contribution in [0.3, 0.4) is 0 Å². The quantitative estimate of drug-likeness (QED) is 0.630. The average molecular weight is 483 g/mol. The van der Waals surface area contributed by atoms with Crippen LogP contribution in [0.15, 0.2) is 30.3 Å². The Hall–Kier alpha value is -3.36. The van der Waals surface area contributed by atoms with Gasteiger partial charge < -0.3 is 14.8 Å². The number of benzene rings is 1. The number of para-hydroxylation sites is 2. The standard InChI is InChI=1S/C26H34N4O5/c1-4-35-24(32)19-16-21-23(31)30(20-14-10-11-15-22(20)34-3)26(2,17-29(21)28-19)25(33)27-18-12-8-6-5-7-9-13-18/h10-11,14-16,18H,4-9,12-13,17H2,1-3H3,(H,27,33)/t26-/m0/s1. The van der Waals surface area contributed by atoms with Gasteiger partial charge in [-0.15, -0.1) is 0 Å². The molecular weight excluding hydrogens is 448 g/mol. The van der Waals surface area contributed by atoms with Gasteiger partial charge in [-0.05, 0) is 38.8 Å². The lowest BCUT2D eigenvalue weighted by Crippen LogP contribution is -2.65. The summed E-state index contributed by atoms with van der Waals surface area (Å²) in [6, 6.07) is 8.61. The van der Waals surface area contributed by atoms with Gasteiger partial charge in [0.1, 0.15) is 17.0 Å². The van der Waals surface area contributed by atoms with Gasteiger partial charge in [0.05, 0.1) is 25.9 Å². The van der Waals surface area contributed by atoms with Gasteiger partial charge in [-0.25, -0.2) is 4.79 Å². The fraction of sp³-hybridized carbons (Fsp3) is 0.538. The van der Waals surface area contributed by atoms with Gasteiger partial charge in [0.25, 0.3) is 5.91 Å². The van der Waals surface area contributed by atoms with Crippen molar-refractivity contribution < 1.29 is 23.9 Å². The van der Waals surface area contributed by atoms with Crippen LogP contribution in [0.5, 0.6) is 5.75 Å². The maximum atomic E-state index is 13.9. The molecule has 9 nitrogen and oxygen atoms in total. The van der Waals surface area contributed by atoms with Crippen LogP contribution < -0.4 is 15.0 Å². The second kappa shape index (κ2) is 10.5. The average Bonchev–Trinajstić information content (AvgIpc) is 3.25. The van der Waals surface area contributed by atoms with Gasteiger partial charge >= 0.3 is 5.97 Å². The summed E-state index contributed by atoms with van der Waals surface area (Å²) in [5.41, 5.74) is -0.547. The highest BCUT2D eigenvalue weighted by atomic mass is 16.5. The third-order valence-electron chi connectivity index (χ3n) is 6.89. The molecule has 1 aliphatic heterocycles. The van der Waals surface area contributed by atoms with Crippen molar-refractivity contribution in [1.82, 2.24) is 15.1 Å². The summed E-state index contributed by atoms with van der Waals surface area (Å²) in [5, 5.41) is 7.55. The molecule has 0 unspecified atom stereocenters. The molecule has 2 heterocycles. The molecule has 0 radical (unpaired) electrons. The van der Waals surface area contributed by atoms with Crippen molar-refractivity contribution in [2.75, 3.05) is 18.6 Å². The summed E-state index contributed by atoms with van der Waals surface area (Å²) < 4.78 is 12.1. The van der Waals surface area contributed by atoms with E-state index in [0.29, 0.717) is 11.4 Å². The van der Waals surface area contributed by atoms with Crippen molar-refractivity contribution >= 4 is 23.5 Å². The Kier molecular flexibility index (Phi) is 7.42. The number of ether oxygens (including phenoxy) is 2. The van der Waals surface area contributed by atoms with Gasteiger partial charge in [-0.1, -0.05) is 44.2 Å². The van der Waals surface area contributed by atoms with E-state index in [0.717, 1.165) is 25.7 Å². The minimum absolute atomic E-state index is 0.0415. The lowest BCUT2D eigenvalue weighted by Gasteiger charge is -2.44. The molecule has 1 aromatic carbocycles. The van der Waals surface area contributed by atoms with Gasteiger partial charge in [0.15, 0.2) is 5.69 Å². The molecule has 1 aromatic heterocycles. The minimum atomic E-state index is -1.29. The number of esters is 1. The minimum Gasteiger partial charge on any atom is -0.495 e. The molecule has 2 amide bonds. The number of nitrogens with one attached hydrogen (secondary N) is 1. The molecule has 1 aliphatic carbocycles. The van der Waals surface area contributed by atoms with Crippen LogP contribution in [0.4, 0.5) is 5.69 Å². The number of aromatic nitrogens is 2. The Bertz CT molecular complexity index is 1090. The first kappa shape index (κ1) is 24.8. The number of fused-ring (bicyclic) bond motifs is 1. The van der Waals surface area contributed by atoms with Gasteiger partial charge in [0, 0.05) is 12.1 Å². The lowest BCUT2D eigenvalue weighted by atomic mass is 9.91. The van der Waals surface area contributed by atoms with E-state index in [1.165, 1.54) is 42.0 Å². The number of anilines is 1.